The molecule has 0 unspecified atom stereocenters. The van der Waals surface area contributed by atoms with Gasteiger partial charge >= 0.3 is 0 Å². The number of carbonyl (C=O) groups is 1. The summed E-state index contributed by atoms with van der Waals surface area (Å²) in [6, 6.07) is 9.06. The van der Waals surface area contributed by atoms with Gasteiger partial charge in [-0.2, -0.15) is 0 Å². The lowest BCUT2D eigenvalue weighted by molar-refractivity contribution is -0.115. The van der Waals surface area contributed by atoms with Crippen molar-refractivity contribution < 1.29 is 13.9 Å². The molecule has 128 valence electrons. The molecule has 1 amide bonds. The summed E-state index contributed by atoms with van der Waals surface area (Å²) in [4.78, 5) is 12.1. The van der Waals surface area contributed by atoms with Crippen molar-refractivity contribution in [2.45, 2.75) is 6.61 Å². The minimum absolute atomic E-state index is 0.0538. The Hall–Kier alpha value is -2.02. The Labute approximate surface area is 157 Å². The molecule has 0 radical (unpaired) electrons. The zero-order chi connectivity index (χ0) is 18.0. The van der Waals surface area contributed by atoms with Gasteiger partial charge in [0, 0.05) is 10.6 Å². The van der Waals surface area contributed by atoms with E-state index in [0.29, 0.717) is 26.3 Å². The first kappa shape index (κ1) is 17.8. The van der Waals surface area contributed by atoms with Crippen molar-refractivity contribution in [3.63, 3.8) is 0 Å². The molecule has 3 rings (SSSR count). The van der Waals surface area contributed by atoms with Crippen LogP contribution in [0.5, 0.6) is 5.75 Å². The lowest BCUT2D eigenvalue weighted by atomic mass is 10.1. The molecule has 2 N–H and O–H groups in total. The highest BCUT2D eigenvalue weighted by Gasteiger charge is 2.23. The van der Waals surface area contributed by atoms with Crippen molar-refractivity contribution in [2.75, 3.05) is 0 Å². The van der Waals surface area contributed by atoms with Crippen molar-refractivity contribution >= 4 is 52.1 Å². The molecule has 1 fully saturated rings. The van der Waals surface area contributed by atoms with Gasteiger partial charge < -0.3 is 10.1 Å². The molecule has 0 spiro atoms. The number of carbonyl (C=O) groups excluding carboxylic acids is 1. The second kappa shape index (κ2) is 7.47. The summed E-state index contributed by atoms with van der Waals surface area (Å²) >= 11 is 13.3. The van der Waals surface area contributed by atoms with Crippen LogP contribution in [0.3, 0.4) is 0 Å². The standard InChI is InChI=1S/C17H11Cl2FN2O2S/c18-11-5-10(6-14-16(23)22-17(21)25-14)15(13(19)7-11)24-8-9-1-3-12(20)4-2-9/h1-7H,8H2,(H2,21,22,23)/b14-6-. The minimum atomic E-state index is -0.365. The number of nitrogens with one attached hydrogen (secondary N) is 2. The van der Waals surface area contributed by atoms with E-state index in [9.17, 15) is 9.18 Å². The molecule has 0 aliphatic carbocycles. The van der Waals surface area contributed by atoms with E-state index < -0.39 is 0 Å². The summed E-state index contributed by atoms with van der Waals surface area (Å²) in [7, 11) is 0. The molecular weight excluding hydrogens is 386 g/mol. The number of amides is 1. The van der Waals surface area contributed by atoms with E-state index >= 15 is 0 Å². The quantitative estimate of drug-likeness (QED) is 0.725. The number of rotatable bonds is 4. The monoisotopic (exact) mass is 396 g/mol. The van der Waals surface area contributed by atoms with Crippen LogP contribution in [0.4, 0.5) is 4.39 Å². The number of hydrogen-bond acceptors (Lipinski definition) is 4. The second-order valence-electron chi connectivity index (χ2n) is 5.12. The average molecular weight is 397 g/mol. The lowest BCUT2D eigenvalue weighted by Gasteiger charge is -2.12. The first-order valence-corrected chi connectivity index (χ1v) is 8.65. The molecule has 2 aromatic carbocycles. The molecule has 0 saturated carbocycles. The van der Waals surface area contributed by atoms with Gasteiger partial charge in [-0.15, -0.1) is 0 Å². The summed E-state index contributed by atoms with van der Waals surface area (Å²) in [6.07, 6.45) is 1.57. The Bertz CT molecular complexity index is 885. The number of amidine groups is 1. The molecule has 1 saturated heterocycles. The van der Waals surface area contributed by atoms with Crippen LogP contribution in [0.1, 0.15) is 11.1 Å². The predicted octanol–water partition coefficient (Wildman–Crippen LogP) is 4.85. The normalized spacial score (nSPS) is 15.6. The molecule has 8 heteroatoms. The molecular formula is C17H11Cl2FN2O2S. The summed E-state index contributed by atoms with van der Waals surface area (Å²) in [5, 5.41) is 10.6. The van der Waals surface area contributed by atoms with Crippen molar-refractivity contribution in [3.8, 4) is 5.75 Å². The van der Waals surface area contributed by atoms with Gasteiger partial charge in [0.2, 0.25) is 0 Å². The number of halogens is 3. The molecule has 0 bridgehead atoms. The predicted molar refractivity (Wildman–Crippen MR) is 98.6 cm³/mol. The van der Waals surface area contributed by atoms with Gasteiger partial charge in [0.1, 0.15) is 18.2 Å². The van der Waals surface area contributed by atoms with Crippen LogP contribution in [0, 0.1) is 11.2 Å². The fraction of sp³-hybridized carbons (Fsp3) is 0.0588. The van der Waals surface area contributed by atoms with Crippen molar-refractivity contribution in [3.05, 3.63) is 68.3 Å². The van der Waals surface area contributed by atoms with E-state index in [1.54, 1.807) is 24.3 Å². The van der Waals surface area contributed by atoms with Gasteiger partial charge in [-0.1, -0.05) is 35.3 Å². The third-order valence-corrected chi connectivity index (χ3v) is 4.61. The maximum absolute atomic E-state index is 13.0. The second-order valence-corrected chi connectivity index (χ2v) is 7.01. The average Bonchev–Trinajstić information content (AvgIpc) is 2.85. The molecule has 1 heterocycles. The molecule has 0 aromatic heterocycles. The molecule has 25 heavy (non-hydrogen) atoms. The molecule has 1 aliphatic rings. The maximum Gasteiger partial charge on any atom is 0.264 e. The molecule has 0 atom stereocenters. The first-order chi connectivity index (χ1) is 11.9. The lowest BCUT2D eigenvalue weighted by Crippen LogP contribution is -2.18. The largest absolute Gasteiger partial charge is 0.487 e. The van der Waals surface area contributed by atoms with Gasteiger partial charge in [-0.3, -0.25) is 10.2 Å². The first-order valence-electron chi connectivity index (χ1n) is 7.08. The summed E-state index contributed by atoms with van der Waals surface area (Å²) in [6.45, 7) is 0.174. The third kappa shape index (κ3) is 4.34. The Kier molecular flexibility index (Phi) is 5.32. The number of benzene rings is 2. The van der Waals surface area contributed by atoms with Gasteiger partial charge in [0.15, 0.2) is 5.17 Å². The number of hydrogen-bond donors (Lipinski definition) is 2. The van der Waals surface area contributed by atoms with Gasteiger partial charge in [-0.25, -0.2) is 4.39 Å². The number of thioether (sulfide) groups is 1. The van der Waals surface area contributed by atoms with E-state index in [0.717, 1.165) is 17.3 Å². The fourth-order valence-corrected chi connectivity index (χ4v) is 3.42. The summed E-state index contributed by atoms with van der Waals surface area (Å²) < 4.78 is 18.7. The van der Waals surface area contributed by atoms with Crippen LogP contribution in [-0.4, -0.2) is 11.1 Å². The van der Waals surface area contributed by atoms with Crippen LogP contribution in [0.25, 0.3) is 6.08 Å². The van der Waals surface area contributed by atoms with Crippen LogP contribution in [0.2, 0.25) is 10.0 Å². The Morgan fingerprint density at radius 2 is 1.96 bits per heavy atom. The van der Waals surface area contributed by atoms with Gasteiger partial charge in [0.05, 0.1) is 9.93 Å². The topological polar surface area (TPSA) is 62.2 Å². The molecule has 1 aliphatic heterocycles. The van der Waals surface area contributed by atoms with E-state index in [1.165, 1.54) is 18.2 Å². The van der Waals surface area contributed by atoms with Crippen LogP contribution < -0.4 is 10.1 Å². The zero-order valence-corrected chi connectivity index (χ0v) is 14.9. The zero-order valence-electron chi connectivity index (χ0n) is 12.6. The van der Waals surface area contributed by atoms with E-state index in [1.807, 2.05) is 0 Å². The minimum Gasteiger partial charge on any atom is -0.487 e. The fourth-order valence-electron chi connectivity index (χ4n) is 2.16. The van der Waals surface area contributed by atoms with Crippen molar-refractivity contribution in [1.29, 1.82) is 5.41 Å². The van der Waals surface area contributed by atoms with Crippen molar-refractivity contribution in [2.24, 2.45) is 0 Å². The smallest absolute Gasteiger partial charge is 0.264 e. The Balaban J connectivity index is 1.90. The summed E-state index contributed by atoms with van der Waals surface area (Å²) in [5.41, 5.74) is 1.28. The van der Waals surface area contributed by atoms with E-state index in [4.69, 9.17) is 33.3 Å². The van der Waals surface area contributed by atoms with E-state index in [2.05, 4.69) is 5.32 Å². The maximum atomic E-state index is 13.0. The Morgan fingerprint density at radius 1 is 1.24 bits per heavy atom. The SMILES string of the molecule is N=C1NC(=O)/C(=C/c2cc(Cl)cc(Cl)c2OCc2ccc(F)cc2)S1. The summed E-state index contributed by atoms with van der Waals surface area (Å²) in [5.74, 6) is -0.337. The third-order valence-electron chi connectivity index (χ3n) is 3.28. The number of ether oxygens (including phenoxy) is 1. The van der Waals surface area contributed by atoms with Crippen LogP contribution >= 0.6 is 35.0 Å². The molecule has 2 aromatic rings. The van der Waals surface area contributed by atoms with E-state index in [-0.39, 0.29) is 23.5 Å². The highest BCUT2D eigenvalue weighted by molar-refractivity contribution is 8.18. The van der Waals surface area contributed by atoms with Crippen LogP contribution in [0.15, 0.2) is 41.3 Å². The molecule has 4 nitrogen and oxygen atoms in total. The highest BCUT2D eigenvalue weighted by Crippen LogP contribution is 2.36. The van der Waals surface area contributed by atoms with Crippen LogP contribution in [-0.2, 0) is 11.4 Å². The van der Waals surface area contributed by atoms with Crippen molar-refractivity contribution in [1.82, 2.24) is 5.32 Å². The highest BCUT2D eigenvalue weighted by atomic mass is 35.5. The Morgan fingerprint density at radius 3 is 2.60 bits per heavy atom. The van der Waals surface area contributed by atoms with Gasteiger partial charge in [0.25, 0.3) is 5.91 Å². The van der Waals surface area contributed by atoms with Gasteiger partial charge in [-0.05, 0) is 47.7 Å².